The van der Waals surface area contributed by atoms with E-state index in [2.05, 4.69) is 57.9 Å². The number of aromatic nitrogens is 2. The van der Waals surface area contributed by atoms with E-state index in [0.29, 0.717) is 6.54 Å². The smallest absolute Gasteiger partial charge is 0.280 e. The SMILES string of the molecule is CCCOc1ccc2cc(CCCCNC(=N)NC(=O)c3nc(Cl)c(N)nc3N)ccc2c1. The van der Waals surface area contributed by atoms with Crippen molar-refractivity contribution in [1.29, 1.82) is 5.41 Å². The maximum atomic E-state index is 12.2. The Morgan fingerprint density at radius 1 is 1.09 bits per heavy atom. The van der Waals surface area contributed by atoms with Gasteiger partial charge in [0, 0.05) is 6.54 Å². The summed E-state index contributed by atoms with van der Waals surface area (Å²) in [6, 6.07) is 12.6. The first-order chi connectivity index (χ1) is 15.9. The number of halogens is 1. The number of nitrogens with two attached hydrogens (primary N) is 2. The molecule has 0 saturated heterocycles. The van der Waals surface area contributed by atoms with Crippen molar-refractivity contribution in [3.63, 3.8) is 0 Å². The van der Waals surface area contributed by atoms with E-state index in [4.69, 9.17) is 33.2 Å². The molecule has 0 spiro atoms. The zero-order valence-corrected chi connectivity index (χ0v) is 19.2. The summed E-state index contributed by atoms with van der Waals surface area (Å²) in [5.41, 5.74) is 12.2. The normalized spacial score (nSPS) is 10.7. The largest absolute Gasteiger partial charge is 0.494 e. The van der Waals surface area contributed by atoms with E-state index in [0.717, 1.165) is 43.4 Å². The second-order valence-electron chi connectivity index (χ2n) is 7.54. The summed E-state index contributed by atoms with van der Waals surface area (Å²) in [5, 5.41) is 15.3. The molecule has 1 amide bonds. The topological polar surface area (TPSA) is 152 Å². The number of anilines is 2. The van der Waals surface area contributed by atoms with Gasteiger partial charge >= 0.3 is 0 Å². The molecule has 0 atom stereocenters. The van der Waals surface area contributed by atoms with Crippen molar-refractivity contribution in [3.8, 4) is 5.75 Å². The lowest BCUT2D eigenvalue weighted by Crippen LogP contribution is -2.41. The molecule has 1 heterocycles. The summed E-state index contributed by atoms with van der Waals surface area (Å²) in [5.74, 6) is -0.148. The number of hydrogen-bond donors (Lipinski definition) is 5. The Bertz CT molecular complexity index is 1150. The third-order valence-electron chi connectivity index (χ3n) is 4.90. The highest BCUT2D eigenvalue weighted by atomic mass is 35.5. The number of nitrogens with zero attached hydrogens (tertiary/aromatic N) is 2. The van der Waals surface area contributed by atoms with Gasteiger partial charge in [0.2, 0.25) is 0 Å². The van der Waals surface area contributed by atoms with Gasteiger partial charge in [0.25, 0.3) is 5.91 Å². The van der Waals surface area contributed by atoms with Crippen molar-refractivity contribution in [2.24, 2.45) is 0 Å². The average molecular weight is 470 g/mol. The van der Waals surface area contributed by atoms with E-state index in [1.165, 1.54) is 10.9 Å². The third-order valence-corrected chi connectivity index (χ3v) is 5.18. The molecule has 0 unspecified atom stereocenters. The van der Waals surface area contributed by atoms with Gasteiger partial charge in [-0.25, -0.2) is 9.97 Å². The number of guanidine groups is 1. The number of carbonyl (C=O) groups is 1. The lowest BCUT2D eigenvalue weighted by molar-refractivity contribution is 0.0971. The standard InChI is InChI=1S/C23H28ClN7O2/c1-2-11-33-17-9-8-15-12-14(6-7-16(15)13-17)5-3-4-10-28-23(27)31-22(32)18-20(25)30-21(26)19(24)29-18/h6-9,12-13H,2-5,10-11H2,1H3,(H4,25,26,30)(H3,27,28,31,32). The molecule has 0 bridgehead atoms. The molecule has 2 aromatic carbocycles. The number of nitrogen functional groups attached to an aromatic ring is 2. The number of hydrogen-bond acceptors (Lipinski definition) is 7. The van der Waals surface area contributed by atoms with Crippen LogP contribution in [0.15, 0.2) is 36.4 Å². The first-order valence-corrected chi connectivity index (χ1v) is 11.1. The van der Waals surface area contributed by atoms with Crippen LogP contribution in [0.25, 0.3) is 10.8 Å². The van der Waals surface area contributed by atoms with Crippen LogP contribution in [0, 0.1) is 5.41 Å². The molecule has 0 aliphatic rings. The first-order valence-electron chi connectivity index (χ1n) is 10.7. The number of nitrogens with one attached hydrogen (secondary N) is 3. The molecule has 174 valence electrons. The van der Waals surface area contributed by atoms with E-state index < -0.39 is 5.91 Å². The zero-order valence-electron chi connectivity index (χ0n) is 18.5. The Morgan fingerprint density at radius 2 is 1.85 bits per heavy atom. The number of unbranched alkanes of at least 4 members (excludes halogenated alkanes) is 1. The maximum absolute atomic E-state index is 12.2. The van der Waals surface area contributed by atoms with E-state index >= 15 is 0 Å². The lowest BCUT2D eigenvalue weighted by Gasteiger charge is -2.11. The Labute approximate surface area is 197 Å². The molecule has 0 fully saturated rings. The Balaban J connectivity index is 1.42. The Morgan fingerprint density at radius 3 is 2.64 bits per heavy atom. The maximum Gasteiger partial charge on any atom is 0.280 e. The van der Waals surface area contributed by atoms with Gasteiger partial charge in [-0.05, 0) is 54.2 Å². The van der Waals surface area contributed by atoms with Crippen LogP contribution in [0.3, 0.4) is 0 Å². The molecular formula is C23H28ClN7O2. The van der Waals surface area contributed by atoms with Gasteiger partial charge in [-0.1, -0.05) is 42.8 Å². The minimum absolute atomic E-state index is 0.0592. The fourth-order valence-corrected chi connectivity index (χ4v) is 3.36. The van der Waals surface area contributed by atoms with Gasteiger partial charge in [0.15, 0.2) is 28.4 Å². The van der Waals surface area contributed by atoms with Crippen molar-refractivity contribution in [3.05, 3.63) is 52.8 Å². The molecule has 1 aromatic heterocycles. The van der Waals surface area contributed by atoms with E-state index in [9.17, 15) is 4.79 Å². The fraction of sp³-hybridized carbons (Fsp3) is 0.304. The molecule has 0 aliphatic heterocycles. The summed E-state index contributed by atoms with van der Waals surface area (Å²) >= 11 is 5.78. The van der Waals surface area contributed by atoms with Crippen LogP contribution in [0.5, 0.6) is 5.75 Å². The minimum atomic E-state index is -0.682. The van der Waals surface area contributed by atoms with E-state index in [1.807, 2.05) is 6.07 Å². The predicted octanol–water partition coefficient (Wildman–Crippen LogP) is 3.51. The lowest BCUT2D eigenvalue weighted by atomic mass is 10.0. The highest BCUT2D eigenvalue weighted by Crippen LogP contribution is 2.23. The minimum Gasteiger partial charge on any atom is -0.494 e. The number of fused-ring (bicyclic) bond motifs is 1. The molecule has 0 aliphatic carbocycles. The van der Waals surface area contributed by atoms with E-state index in [-0.39, 0.29) is 28.4 Å². The first kappa shape index (κ1) is 24.1. The van der Waals surface area contributed by atoms with Gasteiger partial charge in [0.05, 0.1) is 6.61 Å². The molecule has 0 saturated carbocycles. The highest BCUT2D eigenvalue weighted by molar-refractivity contribution is 6.31. The van der Waals surface area contributed by atoms with Gasteiger partial charge in [-0.15, -0.1) is 0 Å². The monoisotopic (exact) mass is 469 g/mol. The third kappa shape index (κ3) is 6.69. The van der Waals surface area contributed by atoms with Crippen molar-refractivity contribution in [1.82, 2.24) is 20.6 Å². The van der Waals surface area contributed by atoms with Crippen LogP contribution in [0.2, 0.25) is 5.15 Å². The van der Waals surface area contributed by atoms with Crippen molar-refractivity contribution in [2.45, 2.75) is 32.6 Å². The number of ether oxygens (including phenoxy) is 1. The molecule has 7 N–H and O–H groups in total. The summed E-state index contributed by atoms with van der Waals surface area (Å²) in [7, 11) is 0. The molecule has 3 rings (SSSR count). The quantitative estimate of drug-likeness (QED) is 0.182. The van der Waals surface area contributed by atoms with Crippen molar-refractivity contribution >= 4 is 45.9 Å². The van der Waals surface area contributed by atoms with Crippen LogP contribution in [0.1, 0.15) is 42.2 Å². The second-order valence-corrected chi connectivity index (χ2v) is 7.90. The Kier molecular flexibility index (Phi) is 8.26. The average Bonchev–Trinajstić information content (AvgIpc) is 2.79. The van der Waals surface area contributed by atoms with Crippen molar-refractivity contribution in [2.75, 3.05) is 24.6 Å². The number of amides is 1. The van der Waals surface area contributed by atoms with E-state index in [1.54, 1.807) is 0 Å². The number of benzene rings is 2. The summed E-state index contributed by atoms with van der Waals surface area (Å²) in [4.78, 5) is 19.8. The van der Waals surface area contributed by atoms with Crippen LogP contribution in [-0.4, -0.2) is 35.0 Å². The van der Waals surface area contributed by atoms with Crippen LogP contribution in [-0.2, 0) is 6.42 Å². The number of aryl methyl sites for hydroxylation is 1. The summed E-state index contributed by atoms with van der Waals surface area (Å²) < 4.78 is 5.70. The highest BCUT2D eigenvalue weighted by Gasteiger charge is 2.16. The van der Waals surface area contributed by atoms with Gasteiger partial charge in [-0.2, -0.15) is 0 Å². The summed E-state index contributed by atoms with van der Waals surface area (Å²) in [6.45, 7) is 3.34. The van der Waals surface area contributed by atoms with Gasteiger partial charge in [0.1, 0.15) is 5.75 Å². The van der Waals surface area contributed by atoms with Crippen LogP contribution in [0.4, 0.5) is 11.6 Å². The van der Waals surface area contributed by atoms with Crippen LogP contribution < -0.4 is 26.8 Å². The Hall–Kier alpha value is -3.59. The molecular weight excluding hydrogens is 442 g/mol. The molecule has 9 nitrogen and oxygen atoms in total. The van der Waals surface area contributed by atoms with Crippen LogP contribution >= 0.6 is 11.6 Å². The van der Waals surface area contributed by atoms with Gasteiger partial charge < -0.3 is 21.5 Å². The van der Waals surface area contributed by atoms with Gasteiger partial charge in [-0.3, -0.25) is 15.5 Å². The second kappa shape index (κ2) is 11.3. The zero-order chi connectivity index (χ0) is 23.8. The molecule has 3 aromatic rings. The fourth-order valence-electron chi connectivity index (χ4n) is 3.23. The number of rotatable bonds is 9. The molecule has 10 heteroatoms. The predicted molar refractivity (Wildman–Crippen MR) is 132 cm³/mol. The molecule has 33 heavy (non-hydrogen) atoms. The van der Waals surface area contributed by atoms with Crippen molar-refractivity contribution < 1.29 is 9.53 Å². The summed E-state index contributed by atoms with van der Waals surface area (Å²) in [6.07, 6.45) is 3.67. The number of carbonyl (C=O) groups excluding carboxylic acids is 1. The molecule has 0 radical (unpaired) electrons.